The minimum atomic E-state index is 0.997. The maximum Gasteiger partial charge on any atom is 0.0489 e. The fourth-order valence-corrected chi connectivity index (χ4v) is 3.98. The van der Waals surface area contributed by atoms with E-state index in [2.05, 4.69) is 109 Å². The Morgan fingerprint density at radius 1 is 0.704 bits per heavy atom. The zero-order valence-electron chi connectivity index (χ0n) is 15.4. The maximum atomic E-state index is 2.34. The van der Waals surface area contributed by atoms with E-state index in [0.29, 0.717) is 0 Å². The van der Waals surface area contributed by atoms with Gasteiger partial charge in [-0.2, -0.15) is 0 Å². The van der Waals surface area contributed by atoms with Crippen LogP contribution >= 0.6 is 0 Å². The van der Waals surface area contributed by atoms with E-state index >= 15 is 0 Å². The molecule has 5 rings (SSSR count). The molecule has 1 heteroatoms. The van der Waals surface area contributed by atoms with Crippen molar-refractivity contribution in [2.45, 2.75) is 6.42 Å². The van der Waals surface area contributed by atoms with Gasteiger partial charge in [0, 0.05) is 28.9 Å². The zero-order chi connectivity index (χ0) is 18.2. The summed E-state index contributed by atoms with van der Waals surface area (Å²) in [6, 6.07) is 24.2. The van der Waals surface area contributed by atoms with E-state index in [1.54, 1.807) is 0 Å². The van der Waals surface area contributed by atoms with E-state index in [-0.39, 0.29) is 0 Å². The van der Waals surface area contributed by atoms with Gasteiger partial charge in [-0.25, -0.2) is 0 Å². The third-order valence-electron chi connectivity index (χ3n) is 5.43. The number of allylic oxidation sites excluding steroid dienone is 6. The highest BCUT2D eigenvalue weighted by atomic mass is 14.9. The first-order valence-electron chi connectivity index (χ1n) is 9.43. The lowest BCUT2D eigenvalue weighted by Crippen LogP contribution is -1.87. The van der Waals surface area contributed by atoms with E-state index in [1.165, 1.54) is 44.1 Å². The second kappa shape index (κ2) is 6.44. The van der Waals surface area contributed by atoms with Gasteiger partial charge >= 0.3 is 0 Å². The molecule has 0 fully saturated rings. The number of rotatable bonds is 2. The third kappa shape index (κ3) is 2.72. The molecule has 1 heterocycles. The van der Waals surface area contributed by atoms with Gasteiger partial charge in [0.15, 0.2) is 0 Å². The molecule has 0 unspecified atom stereocenters. The molecule has 0 bridgehead atoms. The lowest BCUT2D eigenvalue weighted by Gasteiger charge is -2.04. The van der Waals surface area contributed by atoms with Gasteiger partial charge < -0.3 is 4.57 Å². The van der Waals surface area contributed by atoms with Gasteiger partial charge in [0.25, 0.3) is 0 Å². The van der Waals surface area contributed by atoms with Crippen molar-refractivity contribution in [3.63, 3.8) is 0 Å². The zero-order valence-corrected chi connectivity index (χ0v) is 15.4. The summed E-state index contributed by atoms with van der Waals surface area (Å²) in [6.07, 6.45) is 12.0. The molecule has 27 heavy (non-hydrogen) atoms. The molecule has 1 aliphatic rings. The summed E-state index contributed by atoms with van der Waals surface area (Å²) in [5, 5.41) is 2.62. The smallest absolute Gasteiger partial charge is 0.0489 e. The second-order valence-corrected chi connectivity index (χ2v) is 7.08. The van der Waals surface area contributed by atoms with Crippen molar-refractivity contribution in [2.75, 3.05) is 0 Å². The van der Waals surface area contributed by atoms with Crippen molar-refractivity contribution in [3.05, 3.63) is 103 Å². The summed E-state index contributed by atoms with van der Waals surface area (Å²) in [7, 11) is 2.15. The predicted molar refractivity (Wildman–Crippen MR) is 117 cm³/mol. The highest BCUT2D eigenvalue weighted by molar-refractivity contribution is 6.10. The monoisotopic (exact) mass is 347 g/mol. The van der Waals surface area contributed by atoms with E-state index in [1.807, 2.05) is 0 Å². The normalized spacial score (nSPS) is 13.9. The van der Waals surface area contributed by atoms with Gasteiger partial charge in [-0.1, -0.05) is 72.8 Å². The van der Waals surface area contributed by atoms with Crippen molar-refractivity contribution in [3.8, 4) is 11.1 Å². The first-order valence-corrected chi connectivity index (χ1v) is 9.43. The van der Waals surface area contributed by atoms with Gasteiger partial charge in [-0.15, -0.1) is 0 Å². The molecular weight excluding hydrogens is 326 g/mol. The largest absolute Gasteiger partial charge is 0.344 e. The summed E-state index contributed by atoms with van der Waals surface area (Å²) in [6.45, 7) is 0. The molecule has 3 aromatic carbocycles. The molecule has 0 atom stereocenters. The quantitative estimate of drug-likeness (QED) is 0.372. The number of hydrogen-bond acceptors (Lipinski definition) is 0. The van der Waals surface area contributed by atoms with Crippen LogP contribution in [0.25, 0.3) is 38.5 Å². The van der Waals surface area contributed by atoms with Crippen LogP contribution in [-0.4, -0.2) is 4.57 Å². The average molecular weight is 347 g/mol. The Kier molecular flexibility index (Phi) is 3.79. The van der Waals surface area contributed by atoms with Crippen LogP contribution in [0.2, 0.25) is 0 Å². The average Bonchev–Trinajstić information content (AvgIpc) is 2.90. The van der Waals surface area contributed by atoms with Gasteiger partial charge in [0.2, 0.25) is 0 Å². The molecule has 0 N–H and O–H groups in total. The summed E-state index contributed by atoms with van der Waals surface area (Å²) < 4.78 is 2.29. The van der Waals surface area contributed by atoms with E-state index in [0.717, 1.165) is 6.42 Å². The first-order chi connectivity index (χ1) is 13.3. The van der Waals surface area contributed by atoms with Crippen LogP contribution in [0.4, 0.5) is 0 Å². The Morgan fingerprint density at radius 3 is 2.19 bits per heavy atom. The molecule has 0 saturated carbocycles. The summed E-state index contributed by atoms with van der Waals surface area (Å²) in [5.74, 6) is 0. The van der Waals surface area contributed by atoms with Crippen LogP contribution in [0.5, 0.6) is 0 Å². The highest BCUT2D eigenvalue weighted by Gasteiger charge is 2.11. The molecule has 1 aromatic heterocycles. The van der Waals surface area contributed by atoms with E-state index in [9.17, 15) is 0 Å². The molecule has 4 aromatic rings. The topological polar surface area (TPSA) is 4.93 Å². The predicted octanol–water partition coefficient (Wildman–Crippen LogP) is 6.90. The van der Waals surface area contributed by atoms with Crippen LogP contribution in [0.15, 0.2) is 97.1 Å². The Hall–Kier alpha value is -3.32. The SMILES string of the molecule is Cn1c2ccc(C3=CC=CCC=C3)cc2c2cc(-c3ccccc3)ccc21. The fourth-order valence-electron chi connectivity index (χ4n) is 3.98. The maximum absolute atomic E-state index is 2.34. The second-order valence-electron chi connectivity index (χ2n) is 7.08. The molecule has 0 aliphatic heterocycles. The molecule has 1 aliphatic carbocycles. The third-order valence-corrected chi connectivity index (χ3v) is 5.43. The van der Waals surface area contributed by atoms with Gasteiger partial charge in [-0.05, 0) is 52.9 Å². The van der Waals surface area contributed by atoms with Gasteiger partial charge in [-0.3, -0.25) is 0 Å². The van der Waals surface area contributed by atoms with Crippen LogP contribution < -0.4 is 0 Å². The van der Waals surface area contributed by atoms with Crippen molar-refractivity contribution in [1.29, 1.82) is 0 Å². The van der Waals surface area contributed by atoms with Crippen molar-refractivity contribution < 1.29 is 0 Å². The minimum Gasteiger partial charge on any atom is -0.344 e. The Morgan fingerprint density at radius 2 is 1.41 bits per heavy atom. The van der Waals surface area contributed by atoms with Crippen molar-refractivity contribution in [1.82, 2.24) is 4.57 Å². The lowest BCUT2D eigenvalue weighted by atomic mass is 10.00. The molecule has 130 valence electrons. The Balaban J connectivity index is 1.74. The summed E-state index contributed by atoms with van der Waals surface area (Å²) in [5.41, 5.74) is 7.59. The van der Waals surface area contributed by atoms with Crippen LogP contribution in [0.1, 0.15) is 12.0 Å². The number of aryl methyl sites for hydroxylation is 1. The number of fused-ring (bicyclic) bond motifs is 3. The van der Waals surface area contributed by atoms with Gasteiger partial charge in [0.1, 0.15) is 0 Å². The molecule has 0 radical (unpaired) electrons. The van der Waals surface area contributed by atoms with E-state index < -0.39 is 0 Å². The number of benzene rings is 3. The molecule has 0 saturated heterocycles. The first kappa shape index (κ1) is 15.9. The summed E-state index contributed by atoms with van der Waals surface area (Å²) in [4.78, 5) is 0. The van der Waals surface area contributed by atoms with E-state index in [4.69, 9.17) is 0 Å². The minimum absolute atomic E-state index is 0.997. The number of hydrogen-bond donors (Lipinski definition) is 0. The molecule has 0 amide bonds. The Labute approximate surface area is 159 Å². The van der Waals surface area contributed by atoms with Crippen molar-refractivity contribution >= 4 is 27.4 Å². The highest BCUT2D eigenvalue weighted by Crippen LogP contribution is 2.34. The van der Waals surface area contributed by atoms with Crippen LogP contribution in [0, 0.1) is 0 Å². The summed E-state index contributed by atoms with van der Waals surface area (Å²) >= 11 is 0. The standard InChI is InChI=1S/C26H21N/c1-27-25-15-13-21(19-9-5-2-3-6-10-19)17-23(25)24-18-22(14-16-26(24)27)20-11-7-4-8-12-20/h2,4-18H,3H2,1H3. The molecule has 1 nitrogen and oxygen atoms in total. The van der Waals surface area contributed by atoms with Gasteiger partial charge in [0.05, 0.1) is 0 Å². The molecular formula is C26H21N. The fraction of sp³-hybridized carbons (Fsp3) is 0.0769. The van der Waals surface area contributed by atoms with Crippen LogP contribution in [0.3, 0.4) is 0 Å². The van der Waals surface area contributed by atoms with Crippen molar-refractivity contribution in [2.24, 2.45) is 7.05 Å². The molecule has 0 spiro atoms. The Bertz CT molecular complexity index is 1230. The number of nitrogens with zero attached hydrogens (tertiary/aromatic N) is 1. The van der Waals surface area contributed by atoms with Crippen LogP contribution in [-0.2, 0) is 7.05 Å². The lowest BCUT2D eigenvalue weighted by molar-refractivity contribution is 1.01. The number of aromatic nitrogens is 1.